The first-order valence-electron chi connectivity index (χ1n) is 8.27. The fourth-order valence-corrected chi connectivity index (χ4v) is 2.49. The van der Waals surface area contributed by atoms with Crippen LogP contribution in [0.1, 0.15) is 42.3 Å². The summed E-state index contributed by atoms with van der Waals surface area (Å²) >= 11 is 0. The molecule has 0 aromatic heterocycles. The first kappa shape index (κ1) is 17.0. The van der Waals surface area contributed by atoms with Gasteiger partial charge in [-0.2, -0.15) is 5.10 Å². The van der Waals surface area contributed by atoms with Gasteiger partial charge in [0.15, 0.2) is 11.5 Å². The Morgan fingerprint density at radius 1 is 1.04 bits per heavy atom. The van der Waals surface area contributed by atoms with Crippen LogP contribution in [0.2, 0.25) is 0 Å². The molecule has 0 spiro atoms. The van der Waals surface area contributed by atoms with Gasteiger partial charge in [-0.1, -0.05) is 32.9 Å². The third-order valence-electron chi connectivity index (χ3n) is 3.96. The number of carbonyl (C=O) groups excluding carboxylic acids is 1. The molecule has 2 aromatic carbocycles. The smallest absolute Gasteiger partial charge is 0.271 e. The number of hydrazone groups is 1. The van der Waals surface area contributed by atoms with Gasteiger partial charge in [0.2, 0.25) is 0 Å². The molecule has 0 saturated heterocycles. The first-order valence-corrected chi connectivity index (χ1v) is 8.27. The van der Waals surface area contributed by atoms with Crippen molar-refractivity contribution < 1.29 is 14.3 Å². The van der Waals surface area contributed by atoms with Crippen LogP contribution in [0.4, 0.5) is 0 Å². The van der Waals surface area contributed by atoms with E-state index in [1.54, 1.807) is 6.21 Å². The van der Waals surface area contributed by atoms with E-state index in [9.17, 15) is 4.79 Å². The number of carbonyl (C=O) groups is 1. The van der Waals surface area contributed by atoms with Crippen LogP contribution in [0.25, 0.3) is 0 Å². The molecule has 1 aliphatic heterocycles. The Bertz CT molecular complexity index is 790. The Hall–Kier alpha value is -2.82. The summed E-state index contributed by atoms with van der Waals surface area (Å²) < 4.78 is 11.0. The van der Waals surface area contributed by atoms with Crippen LogP contribution in [0, 0.1) is 0 Å². The average molecular weight is 338 g/mol. The number of hydrogen-bond acceptors (Lipinski definition) is 4. The van der Waals surface area contributed by atoms with Gasteiger partial charge in [-0.25, -0.2) is 5.43 Å². The van der Waals surface area contributed by atoms with Crippen LogP contribution in [-0.2, 0) is 5.41 Å². The van der Waals surface area contributed by atoms with Crippen LogP contribution < -0.4 is 14.9 Å². The lowest BCUT2D eigenvalue weighted by Crippen LogP contribution is -2.18. The van der Waals surface area contributed by atoms with Crippen LogP contribution in [0.5, 0.6) is 11.5 Å². The zero-order chi connectivity index (χ0) is 17.9. The van der Waals surface area contributed by atoms with Crippen molar-refractivity contribution in [2.45, 2.75) is 26.2 Å². The standard InChI is InChI=1S/C20H22N2O3/c1-20(2,3)16-7-5-15(6-8-16)19(23)22-21-13-14-4-9-17-18(12-14)25-11-10-24-17/h4-9,12-13H,10-11H2,1-3H3,(H,22,23)/b21-13+. The molecule has 0 saturated carbocycles. The van der Waals surface area contributed by atoms with Crippen molar-refractivity contribution in [2.24, 2.45) is 5.10 Å². The second-order valence-corrected chi connectivity index (χ2v) is 6.93. The largest absolute Gasteiger partial charge is 0.486 e. The highest BCUT2D eigenvalue weighted by atomic mass is 16.6. The Labute approximate surface area is 147 Å². The molecule has 3 rings (SSSR count). The topological polar surface area (TPSA) is 59.9 Å². The van der Waals surface area contributed by atoms with Crippen molar-refractivity contribution in [3.05, 3.63) is 59.2 Å². The summed E-state index contributed by atoms with van der Waals surface area (Å²) in [6, 6.07) is 13.1. The van der Waals surface area contributed by atoms with Gasteiger partial charge in [-0.15, -0.1) is 0 Å². The minimum absolute atomic E-state index is 0.0609. The molecule has 1 amide bonds. The molecule has 5 nitrogen and oxygen atoms in total. The SMILES string of the molecule is CC(C)(C)c1ccc(C(=O)N/N=C/c2ccc3c(c2)OCCO3)cc1. The number of hydrogen-bond donors (Lipinski definition) is 1. The van der Waals surface area contributed by atoms with E-state index in [1.165, 1.54) is 5.56 Å². The highest BCUT2D eigenvalue weighted by Crippen LogP contribution is 2.30. The molecule has 0 unspecified atom stereocenters. The maximum Gasteiger partial charge on any atom is 0.271 e. The monoisotopic (exact) mass is 338 g/mol. The molecule has 0 bridgehead atoms. The molecule has 1 N–H and O–H groups in total. The first-order chi connectivity index (χ1) is 11.9. The molecule has 1 heterocycles. The van der Waals surface area contributed by atoms with Crippen molar-refractivity contribution >= 4 is 12.1 Å². The lowest BCUT2D eigenvalue weighted by atomic mass is 9.87. The molecule has 2 aromatic rings. The number of benzene rings is 2. The van der Waals surface area contributed by atoms with Gasteiger partial charge in [0.25, 0.3) is 5.91 Å². The van der Waals surface area contributed by atoms with E-state index in [1.807, 2.05) is 42.5 Å². The molecule has 0 atom stereocenters. The van der Waals surface area contributed by atoms with Crippen molar-refractivity contribution in [3.8, 4) is 11.5 Å². The lowest BCUT2D eigenvalue weighted by molar-refractivity contribution is 0.0955. The Morgan fingerprint density at radius 3 is 2.40 bits per heavy atom. The summed E-state index contributed by atoms with van der Waals surface area (Å²) in [4.78, 5) is 12.2. The molecular formula is C20H22N2O3. The van der Waals surface area contributed by atoms with Crippen LogP contribution in [0.3, 0.4) is 0 Å². The summed E-state index contributed by atoms with van der Waals surface area (Å²) in [6.07, 6.45) is 1.58. The summed E-state index contributed by atoms with van der Waals surface area (Å²) in [6.45, 7) is 7.51. The summed E-state index contributed by atoms with van der Waals surface area (Å²) in [5.41, 5.74) is 5.19. The molecule has 5 heteroatoms. The van der Waals surface area contributed by atoms with Crippen molar-refractivity contribution in [2.75, 3.05) is 13.2 Å². The number of rotatable bonds is 3. The van der Waals surface area contributed by atoms with Crippen LogP contribution in [0.15, 0.2) is 47.6 Å². The Morgan fingerprint density at radius 2 is 1.72 bits per heavy atom. The summed E-state index contributed by atoms with van der Waals surface area (Å²) in [7, 11) is 0. The second-order valence-electron chi connectivity index (χ2n) is 6.93. The molecule has 130 valence electrons. The minimum atomic E-state index is -0.241. The van der Waals surface area contributed by atoms with E-state index >= 15 is 0 Å². The average Bonchev–Trinajstić information content (AvgIpc) is 2.61. The number of fused-ring (bicyclic) bond motifs is 1. The van der Waals surface area contributed by atoms with Crippen LogP contribution in [-0.4, -0.2) is 25.3 Å². The number of amides is 1. The van der Waals surface area contributed by atoms with Gasteiger partial charge in [-0.05, 0) is 46.9 Å². The van der Waals surface area contributed by atoms with Crippen molar-refractivity contribution in [3.63, 3.8) is 0 Å². The van der Waals surface area contributed by atoms with Gasteiger partial charge >= 0.3 is 0 Å². The summed E-state index contributed by atoms with van der Waals surface area (Å²) in [5.74, 6) is 1.18. The maximum atomic E-state index is 12.2. The fourth-order valence-electron chi connectivity index (χ4n) is 2.49. The molecule has 0 aliphatic carbocycles. The molecular weight excluding hydrogens is 316 g/mol. The predicted octanol–water partition coefficient (Wildman–Crippen LogP) is 3.52. The quantitative estimate of drug-likeness (QED) is 0.688. The number of nitrogens with zero attached hydrogens (tertiary/aromatic N) is 1. The van der Waals surface area contributed by atoms with Crippen molar-refractivity contribution in [1.29, 1.82) is 0 Å². The van der Waals surface area contributed by atoms with E-state index in [-0.39, 0.29) is 11.3 Å². The predicted molar refractivity (Wildman–Crippen MR) is 97.6 cm³/mol. The highest BCUT2D eigenvalue weighted by Gasteiger charge is 2.14. The van der Waals surface area contributed by atoms with E-state index in [4.69, 9.17) is 9.47 Å². The minimum Gasteiger partial charge on any atom is -0.486 e. The Balaban J connectivity index is 1.63. The van der Waals surface area contributed by atoms with E-state index in [0.717, 1.165) is 11.3 Å². The second kappa shape index (κ2) is 6.97. The van der Waals surface area contributed by atoms with Gasteiger partial charge in [-0.3, -0.25) is 4.79 Å². The zero-order valence-corrected chi connectivity index (χ0v) is 14.7. The molecule has 1 aliphatic rings. The van der Waals surface area contributed by atoms with E-state index < -0.39 is 0 Å². The lowest BCUT2D eigenvalue weighted by Gasteiger charge is -2.18. The number of ether oxygens (including phenoxy) is 2. The molecule has 25 heavy (non-hydrogen) atoms. The highest BCUT2D eigenvalue weighted by molar-refractivity contribution is 5.95. The zero-order valence-electron chi connectivity index (χ0n) is 14.7. The molecule has 0 fully saturated rings. The van der Waals surface area contributed by atoms with Gasteiger partial charge in [0, 0.05) is 5.56 Å². The fraction of sp³-hybridized carbons (Fsp3) is 0.300. The third-order valence-corrected chi connectivity index (χ3v) is 3.96. The van der Waals surface area contributed by atoms with E-state index in [0.29, 0.717) is 24.5 Å². The normalized spacial score (nSPS) is 13.7. The van der Waals surface area contributed by atoms with Crippen molar-refractivity contribution in [1.82, 2.24) is 5.43 Å². The van der Waals surface area contributed by atoms with Gasteiger partial charge in [0.1, 0.15) is 13.2 Å². The van der Waals surface area contributed by atoms with Crippen LogP contribution >= 0.6 is 0 Å². The van der Waals surface area contributed by atoms with E-state index in [2.05, 4.69) is 31.3 Å². The van der Waals surface area contributed by atoms with Gasteiger partial charge in [0.05, 0.1) is 6.21 Å². The maximum absolute atomic E-state index is 12.2. The third kappa shape index (κ3) is 4.18. The van der Waals surface area contributed by atoms with Gasteiger partial charge < -0.3 is 9.47 Å². The Kier molecular flexibility index (Phi) is 4.74. The number of nitrogens with one attached hydrogen (secondary N) is 1. The molecule has 0 radical (unpaired) electrons. The summed E-state index contributed by atoms with van der Waals surface area (Å²) in [5, 5.41) is 4.02.